The summed E-state index contributed by atoms with van der Waals surface area (Å²) in [5, 5.41) is 0. The Morgan fingerprint density at radius 3 is 2.40 bits per heavy atom. The molecule has 0 aliphatic carbocycles. The van der Waals surface area contributed by atoms with Crippen molar-refractivity contribution in [3.8, 4) is 0 Å². The highest BCUT2D eigenvalue weighted by molar-refractivity contribution is 5.91. The van der Waals surface area contributed by atoms with Crippen molar-refractivity contribution in [2.75, 3.05) is 7.11 Å². The number of alkyl halides is 3. The van der Waals surface area contributed by atoms with Crippen LogP contribution in [0.25, 0.3) is 0 Å². The minimum absolute atomic E-state index is 0.495. The molecule has 0 radical (unpaired) electrons. The molecule has 0 heterocycles. The normalized spacial score (nSPS) is 11.3. The molecule has 0 aliphatic heterocycles. The molecule has 82 valence electrons. The Labute approximate surface area is 82.5 Å². The highest BCUT2D eigenvalue weighted by atomic mass is 19.4. The topological polar surface area (TPSA) is 26.3 Å². The molecule has 0 atom stereocenters. The number of esters is 1. The number of halogens is 4. The summed E-state index contributed by atoms with van der Waals surface area (Å²) >= 11 is 0. The van der Waals surface area contributed by atoms with Gasteiger partial charge < -0.3 is 4.74 Å². The predicted octanol–water partition coefficient (Wildman–Crippen LogP) is 2.63. The minimum atomic E-state index is -4.71. The summed E-state index contributed by atoms with van der Waals surface area (Å²) in [5.41, 5.74) is -2.04. The van der Waals surface area contributed by atoms with Crippen LogP contribution in [0.5, 0.6) is 0 Å². The molecule has 0 N–H and O–H groups in total. The molecule has 0 saturated heterocycles. The van der Waals surface area contributed by atoms with E-state index in [0.29, 0.717) is 18.2 Å². The maximum atomic E-state index is 12.7. The molecule has 0 spiro atoms. The van der Waals surface area contributed by atoms with Crippen molar-refractivity contribution in [1.29, 1.82) is 0 Å². The van der Waals surface area contributed by atoms with Gasteiger partial charge in [-0.2, -0.15) is 13.2 Å². The molecule has 0 unspecified atom stereocenters. The maximum Gasteiger partial charge on any atom is 0.417 e. The average Bonchev–Trinajstić information content (AvgIpc) is 2.14. The Morgan fingerprint density at radius 2 is 1.93 bits per heavy atom. The van der Waals surface area contributed by atoms with Gasteiger partial charge in [-0.25, -0.2) is 9.18 Å². The van der Waals surface area contributed by atoms with Crippen LogP contribution in [0.3, 0.4) is 0 Å². The van der Waals surface area contributed by atoms with Crippen molar-refractivity contribution in [3.05, 3.63) is 35.1 Å². The first-order valence-corrected chi connectivity index (χ1v) is 3.81. The lowest BCUT2D eigenvalue weighted by Crippen LogP contribution is -2.14. The highest BCUT2D eigenvalue weighted by Gasteiger charge is 2.35. The van der Waals surface area contributed by atoms with Crippen molar-refractivity contribution in [2.45, 2.75) is 6.18 Å². The van der Waals surface area contributed by atoms with Crippen molar-refractivity contribution < 1.29 is 27.1 Å². The molecule has 2 nitrogen and oxygen atoms in total. The van der Waals surface area contributed by atoms with Gasteiger partial charge in [-0.1, -0.05) is 0 Å². The van der Waals surface area contributed by atoms with Crippen LogP contribution >= 0.6 is 0 Å². The summed E-state index contributed by atoms with van der Waals surface area (Å²) in [6, 6.07) is 1.63. The summed E-state index contributed by atoms with van der Waals surface area (Å²) in [5.74, 6) is -2.15. The number of carbonyl (C=O) groups is 1. The Morgan fingerprint density at radius 1 is 1.33 bits per heavy atom. The number of methoxy groups -OCH3 is 1. The van der Waals surface area contributed by atoms with Gasteiger partial charge in [0.2, 0.25) is 0 Å². The van der Waals surface area contributed by atoms with E-state index >= 15 is 0 Å². The number of benzene rings is 1. The van der Waals surface area contributed by atoms with Crippen LogP contribution in [0.1, 0.15) is 15.9 Å². The van der Waals surface area contributed by atoms with Crippen LogP contribution in [0.4, 0.5) is 17.6 Å². The van der Waals surface area contributed by atoms with Crippen LogP contribution < -0.4 is 0 Å². The van der Waals surface area contributed by atoms with E-state index in [1.54, 1.807) is 0 Å². The van der Waals surface area contributed by atoms with Crippen molar-refractivity contribution in [2.24, 2.45) is 0 Å². The van der Waals surface area contributed by atoms with Gasteiger partial charge >= 0.3 is 12.1 Å². The zero-order valence-corrected chi connectivity index (χ0v) is 7.56. The Balaban J connectivity index is 3.33. The van der Waals surface area contributed by atoms with Crippen molar-refractivity contribution in [3.63, 3.8) is 0 Å². The summed E-state index contributed by atoms with van der Waals surface area (Å²) in [7, 11) is 0.924. The molecule has 1 rings (SSSR count). The summed E-state index contributed by atoms with van der Waals surface area (Å²) < 4.78 is 53.8. The van der Waals surface area contributed by atoms with Gasteiger partial charge in [0.05, 0.1) is 18.2 Å². The molecule has 1 aromatic carbocycles. The lowest BCUT2D eigenvalue weighted by Gasteiger charge is -2.10. The van der Waals surface area contributed by atoms with Crippen molar-refractivity contribution in [1.82, 2.24) is 0 Å². The van der Waals surface area contributed by atoms with Gasteiger partial charge in [-0.15, -0.1) is 0 Å². The van der Waals surface area contributed by atoms with E-state index in [-0.39, 0.29) is 0 Å². The molecule has 1 aromatic rings. The summed E-state index contributed by atoms with van der Waals surface area (Å²) in [6.07, 6.45) is -4.71. The van der Waals surface area contributed by atoms with Gasteiger partial charge in [0, 0.05) is 0 Å². The first-order chi connectivity index (χ1) is 6.86. The second-order valence-electron chi connectivity index (χ2n) is 2.68. The highest BCUT2D eigenvalue weighted by Crippen LogP contribution is 2.32. The lowest BCUT2D eigenvalue weighted by molar-refractivity contribution is -0.138. The lowest BCUT2D eigenvalue weighted by atomic mass is 10.1. The van der Waals surface area contributed by atoms with Gasteiger partial charge in [0.15, 0.2) is 0 Å². The Hall–Kier alpha value is -1.59. The Kier molecular flexibility index (Phi) is 2.97. The van der Waals surface area contributed by atoms with E-state index in [1.807, 2.05) is 0 Å². The van der Waals surface area contributed by atoms with Crippen LogP contribution in [0.15, 0.2) is 18.2 Å². The standard InChI is InChI=1S/C9H6F4O2/c1-15-8(14)6-4-5(10)2-3-7(6)9(11,12)13/h2-4H,1H3. The average molecular weight is 222 g/mol. The van der Waals surface area contributed by atoms with Crippen molar-refractivity contribution >= 4 is 5.97 Å². The molecule has 6 heteroatoms. The maximum absolute atomic E-state index is 12.7. The van der Waals surface area contributed by atoms with Crippen LogP contribution in [0, 0.1) is 5.82 Å². The number of hydrogen-bond donors (Lipinski definition) is 0. The monoisotopic (exact) mass is 222 g/mol. The minimum Gasteiger partial charge on any atom is -0.465 e. The summed E-state index contributed by atoms with van der Waals surface area (Å²) in [6.45, 7) is 0. The van der Waals surface area contributed by atoms with Gasteiger partial charge in [-0.05, 0) is 18.2 Å². The van der Waals surface area contributed by atoms with E-state index in [2.05, 4.69) is 4.74 Å². The van der Waals surface area contributed by atoms with E-state index in [4.69, 9.17) is 0 Å². The third kappa shape index (κ3) is 2.45. The molecule has 0 fully saturated rings. The number of ether oxygens (including phenoxy) is 1. The number of rotatable bonds is 1. The van der Waals surface area contributed by atoms with E-state index in [1.165, 1.54) is 0 Å². The predicted molar refractivity (Wildman–Crippen MR) is 42.7 cm³/mol. The first kappa shape index (κ1) is 11.5. The fourth-order valence-electron chi connectivity index (χ4n) is 1.04. The zero-order valence-electron chi connectivity index (χ0n) is 7.56. The molecule has 0 amide bonds. The summed E-state index contributed by atoms with van der Waals surface area (Å²) in [4.78, 5) is 10.9. The van der Waals surface area contributed by atoms with Crippen LogP contribution in [-0.4, -0.2) is 13.1 Å². The molecule has 0 saturated carbocycles. The SMILES string of the molecule is COC(=O)c1cc(F)ccc1C(F)(F)F. The van der Waals surface area contributed by atoms with Gasteiger partial charge in [-0.3, -0.25) is 0 Å². The Bertz CT molecular complexity index is 384. The second-order valence-corrected chi connectivity index (χ2v) is 2.68. The molecule has 0 aliphatic rings. The van der Waals surface area contributed by atoms with E-state index in [0.717, 1.165) is 7.11 Å². The van der Waals surface area contributed by atoms with E-state index < -0.39 is 29.1 Å². The van der Waals surface area contributed by atoms with Gasteiger partial charge in [0.1, 0.15) is 5.82 Å². The molecular weight excluding hydrogens is 216 g/mol. The third-order valence-electron chi connectivity index (χ3n) is 1.69. The smallest absolute Gasteiger partial charge is 0.417 e. The third-order valence-corrected chi connectivity index (χ3v) is 1.69. The van der Waals surface area contributed by atoms with E-state index in [9.17, 15) is 22.4 Å². The first-order valence-electron chi connectivity index (χ1n) is 3.81. The molecular formula is C9H6F4O2. The zero-order chi connectivity index (χ0) is 11.6. The van der Waals surface area contributed by atoms with Gasteiger partial charge in [0.25, 0.3) is 0 Å². The van der Waals surface area contributed by atoms with Crippen LogP contribution in [-0.2, 0) is 10.9 Å². The fraction of sp³-hybridized carbons (Fsp3) is 0.222. The largest absolute Gasteiger partial charge is 0.465 e. The fourth-order valence-corrected chi connectivity index (χ4v) is 1.04. The molecule has 0 bridgehead atoms. The molecule has 0 aromatic heterocycles. The van der Waals surface area contributed by atoms with Crippen LogP contribution in [0.2, 0.25) is 0 Å². The second kappa shape index (κ2) is 3.88. The number of carbonyl (C=O) groups excluding carboxylic acids is 1. The molecule has 15 heavy (non-hydrogen) atoms. The number of hydrogen-bond acceptors (Lipinski definition) is 2. The quantitative estimate of drug-likeness (QED) is 0.539.